The van der Waals surface area contributed by atoms with Crippen LogP contribution < -0.4 is 5.32 Å². The summed E-state index contributed by atoms with van der Waals surface area (Å²) >= 11 is 0. The van der Waals surface area contributed by atoms with Gasteiger partial charge >= 0.3 is 0 Å². The molecule has 3 amide bonds. The van der Waals surface area contributed by atoms with E-state index in [4.69, 9.17) is 0 Å². The van der Waals surface area contributed by atoms with E-state index in [9.17, 15) is 19.5 Å². The van der Waals surface area contributed by atoms with Crippen LogP contribution in [0.2, 0.25) is 0 Å². The van der Waals surface area contributed by atoms with Crippen molar-refractivity contribution in [3.05, 3.63) is 36.4 Å². The number of aromatic hydroxyl groups is 1. The summed E-state index contributed by atoms with van der Waals surface area (Å²) in [4.78, 5) is 39.6. The lowest BCUT2D eigenvalue weighted by Gasteiger charge is -2.22. The van der Waals surface area contributed by atoms with Gasteiger partial charge in [-0.3, -0.25) is 14.4 Å². The summed E-state index contributed by atoms with van der Waals surface area (Å²) < 4.78 is 0. The number of nitrogens with one attached hydrogen (secondary N) is 1. The van der Waals surface area contributed by atoms with Gasteiger partial charge in [-0.25, -0.2) is 0 Å². The zero-order valence-corrected chi connectivity index (χ0v) is 14.3. The van der Waals surface area contributed by atoms with E-state index < -0.39 is 11.8 Å². The van der Waals surface area contributed by atoms with Gasteiger partial charge in [-0.05, 0) is 37.1 Å². The summed E-state index contributed by atoms with van der Waals surface area (Å²) in [7, 11) is 0. The van der Waals surface area contributed by atoms with Gasteiger partial charge in [0.1, 0.15) is 12.3 Å². The summed E-state index contributed by atoms with van der Waals surface area (Å²) in [6.45, 7) is 7.09. The first-order valence-electron chi connectivity index (χ1n) is 8.29. The standard InChI is InChI=1S/C18H23N3O4/c1-3-8-20-9-5-10-21(12-17(20)24)18(25)14-11-13(6-7-15(14)22)19-16(23)4-2/h4,6-7,11,22H,2-3,5,8-10,12H2,1H3,(H,19,23). The molecule has 0 unspecified atom stereocenters. The Labute approximate surface area is 146 Å². The average molecular weight is 345 g/mol. The van der Waals surface area contributed by atoms with Crippen LogP contribution in [0.1, 0.15) is 30.1 Å². The molecule has 0 spiro atoms. The molecule has 1 fully saturated rings. The van der Waals surface area contributed by atoms with Gasteiger partial charge in [0.15, 0.2) is 0 Å². The van der Waals surface area contributed by atoms with Crippen molar-refractivity contribution in [1.82, 2.24) is 9.80 Å². The van der Waals surface area contributed by atoms with Crippen molar-refractivity contribution < 1.29 is 19.5 Å². The second-order valence-corrected chi connectivity index (χ2v) is 5.89. The molecular weight excluding hydrogens is 322 g/mol. The minimum absolute atomic E-state index is 0.0124. The Kier molecular flexibility index (Phi) is 6.16. The fourth-order valence-electron chi connectivity index (χ4n) is 2.75. The molecule has 1 aromatic rings. The largest absolute Gasteiger partial charge is 0.507 e. The van der Waals surface area contributed by atoms with Crippen molar-refractivity contribution in [2.75, 3.05) is 31.5 Å². The van der Waals surface area contributed by atoms with E-state index in [1.807, 2.05) is 6.92 Å². The van der Waals surface area contributed by atoms with Gasteiger partial charge in [0.25, 0.3) is 5.91 Å². The topological polar surface area (TPSA) is 89.9 Å². The number of phenols is 1. The van der Waals surface area contributed by atoms with E-state index in [2.05, 4.69) is 11.9 Å². The first-order valence-corrected chi connectivity index (χ1v) is 8.29. The van der Waals surface area contributed by atoms with E-state index in [-0.39, 0.29) is 23.8 Å². The summed E-state index contributed by atoms with van der Waals surface area (Å²) in [6.07, 6.45) is 2.67. The van der Waals surface area contributed by atoms with Crippen molar-refractivity contribution in [2.24, 2.45) is 0 Å². The fourth-order valence-corrected chi connectivity index (χ4v) is 2.75. The highest BCUT2D eigenvalue weighted by molar-refractivity contribution is 6.02. The summed E-state index contributed by atoms with van der Waals surface area (Å²) in [5, 5.41) is 12.6. The van der Waals surface area contributed by atoms with E-state index >= 15 is 0 Å². The smallest absolute Gasteiger partial charge is 0.258 e. The van der Waals surface area contributed by atoms with Gasteiger partial charge in [0.2, 0.25) is 11.8 Å². The Hall–Kier alpha value is -2.83. The Morgan fingerprint density at radius 3 is 2.80 bits per heavy atom. The van der Waals surface area contributed by atoms with Crippen LogP contribution >= 0.6 is 0 Å². The molecule has 1 aliphatic rings. The van der Waals surface area contributed by atoms with Gasteiger partial charge in [-0.15, -0.1) is 0 Å². The van der Waals surface area contributed by atoms with Gasteiger partial charge in [0.05, 0.1) is 5.56 Å². The number of rotatable bonds is 5. The van der Waals surface area contributed by atoms with Crippen LogP contribution in [-0.4, -0.2) is 58.8 Å². The van der Waals surface area contributed by atoms with Gasteiger partial charge < -0.3 is 20.2 Å². The molecule has 0 radical (unpaired) electrons. The Balaban J connectivity index is 2.19. The molecule has 1 heterocycles. The maximum Gasteiger partial charge on any atom is 0.258 e. The van der Waals surface area contributed by atoms with Gasteiger partial charge in [-0.1, -0.05) is 13.5 Å². The molecule has 0 bridgehead atoms. The normalized spacial score (nSPS) is 14.8. The van der Waals surface area contributed by atoms with E-state index in [0.717, 1.165) is 12.5 Å². The summed E-state index contributed by atoms with van der Waals surface area (Å²) in [5.41, 5.74) is 0.429. The number of phenolic OH excluding ortho intramolecular Hbond substituents is 1. The zero-order valence-electron chi connectivity index (χ0n) is 14.3. The maximum atomic E-state index is 12.8. The third-order valence-electron chi connectivity index (χ3n) is 4.00. The predicted octanol–water partition coefficient (Wildman–Crippen LogP) is 1.60. The number of carbonyl (C=O) groups is 3. The molecule has 0 aliphatic carbocycles. The molecular formula is C18H23N3O4. The number of hydrogen-bond donors (Lipinski definition) is 2. The predicted molar refractivity (Wildman–Crippen MR) is 94.3 cm³/mol. The average Bonchev–Trinajstić information content (AvgIpc) is 2.78. The first kappa shape index (κ1) is 18.5. The molecule has 2 N–H and O–H groups in total. The van der Waals surface area contributed by atoms with Crippen LogP contribution in [0.3, 0.4) is 0 Å². The highest BCUT2D eigenvalue weighted by Gasteiger charge is 2.26. The van der Waals surface area contributed by atoms with Crippen LogP contribution in [0.15, 0.2) is 30.9 Å². The lowest BCUT2D eigenvalue weighted by atomic mass is 10.1. The molecule has 0 saturated carbocycles. The summed E-state index contributed by atoms with van der Waals surface area (Å²) in [5.74, 6) is -1.13. The SMILES string of the molecule is C=CC(=O)Nc1ccc(O)c(C(=O)N2CCCN(CCC)C(=O)C2)c1. The van der Waals surface area contributed by atoms with Gasteiger partial charge in [0, 0.05) is 25.3 Å². The number of carbonyl (C=O) groups excluding carboxylic acids is 3. The molecule has 0 atom stereocenters. The zero-order chi connectivity index (χ0) is 18.4. The van der Waals surface area contributed by atoms with Crippen molar-refractivity contribution >= 4 is 23.4 Å². The minimum atomic E-state index is -0.432. The molecule has 7 heteroatoms. The second-order valence-electron chi connectivity index (χ2n) is 5.89. The van der Waals surface area contributed by atoms with Crippen molar-refractivity contribution in [3.8, 4) is 5.75 Å². The van der Waals surface area contributed by atoms with E-state index in [0.29, 0.717) is 31.7 Å². The molecule has 1 aliphatic heterocycles. The van der Waals surface area contributed by atoms with Crippen LogP contribution in [-0.2, 0) is 9.59 Å². The highest BCUT2D eigenvalue weighted by atomic mass is 16.3. The molecule has 25 heavy (non-hydrogen) atoms. The fraction of sp³-hybridized carbons (Fsp3) is 0.389. The van der Waals surface area contributed by atoms with Crippen LogP contribution in [0.25, 0.3) is 0 Å². The molecule has 2 rings (SSSR count). The van der Waals surface area contributed by atoms with Crippen molar-refractivity contribution in [2.45, 2.75) is 19.8 Å². The number of nitrogens with zero attached hydrogens (tertiary/aromatic N) is 2. The highest BCUT2D eigenvalue weighted by Crippen LogP contribution is 2.24. The lowest BCUT2D eigenvalue weighted by Crippen LogP contribution is -2.39. The van der Waals surface area contributed by atoms with Crippen LogP contribution in [0.4, 0.5) is 5.69 Å². The quantitative estimate of drug-likeness (QED) is 0.626. The minimum Gasteiger partial charge on any atom is -0.507 e. The third kappa shape index (κ3) is 4.59. The van der Waals surface area contributed by atoms with Crippen LogP contribution in [0, 0.1) is 0 Å². The number of amides is 3. The molecule has 7 nitrogen and oxygen atoms in total. The monoisotopic (exact) mass is 345 g/mol. The molecule has 1 aromatic carbocycles. The van der Waals surface area contributed by atoms with E-state index in [1.54, 1.807) is 4.90 Å². The number of anilines is 1. The first-order chi connectivity index (χ1) is 12.0. The molecule has 0 aromatic heterocycles. The van der Waals surface area contributed by atoms with Crippen LogP contribution in [0.5, 0.6) is 5.75 Å². The Morgan fingerprint density at radius 2 is 2.12 bits per heavy atom. The Morgan fingerprint density at radius 1 is 1.36 bits per heavy atom. The Bertz CT molecular complexity index is 687. The van der Waals surface area contributed by atoms with E-state index in [1.165, 1.54) is 23.1 Å². The second kappa shape index (κ2) is 8.32. The lowest BCUT2D eigenvalue weighted by molar-refractivity contribution is -0.130. The molecule has 1 saturated heterocycles. The number of benzene rings is 1. The molecule has 134 valence electrons. The maximum absolute atomic E-state index is 12.8. The van der Waals surface area contributed by atoms with Crippen molar-refractivity contribution in [3.63, 3.8) is 0 Å². The third-order valence-corrected chi connectivity index (χ3v) is 4.00. The summed E-state index contributed by atoms with van der Waals surface area (Å²) in [6, 6.07) is 4.23. The van der Waals surface area contributed by atoms with Crippen molar-refractivity contribution in [1.29, 1.82) is 0 Å². The number of hydrogen-bond acceptors (Lipinski definition) is 4. The van der Waals surface area contributed by atoms with Gasteiger partial charge in [-0.2, -0.15) is 0 Å².